The van der Waals surface area contributed by atoms with Gasteiger partial charge in [0.15, 0.2) is 10.9 Å². The zero-order valence-electron chi connectivity index (χ0n) is 20.3. The molecule has 36 heavy (non-hydrogen) atoms. The van der Waals surface area contributed by atoms with Crippen molar-refractivity contribution >= 4 is 39.6 Å². The number of pyridine rings is 1. The van der Waals surface area contributed by atoms with Crippen molar-refractivity contribution in [1.82, 2.24) is 14.4 Å². The number of hydrogen-bond acceptors (Lipinski definition) is 7. The number of hydrogen-bond donors (Lipinski definition) is 1. The topological polar surface area (TPSA) is 97.0 Å². The minimum absolute atomic E-state index is 0.0231. The third-order valence-corrected chi connectivity index (χ3v) is 7.09. The van der Waals surface area contributed by atoms with Crippen molar-refractivity contribution in [2.24, 2.45) is 0 Å². The van der Waals surface area contributed by atoms with Crippen LogP contribution in [0, 0.1) is 13.8 Å². The van der Waals surface area contributed by atoms with Gasteiger partial charge in [-0.15, -0.1) is 11.3 Å². The second kappa shape index (κ2) is 9.58. The van der Waals surface area contributed by atoms with Crippen LogP contribution in [0.2, 0.25) is 0 Å². The number of benzene rings is 1. The molecule has 1 aliphatic heterocycles. The lowest BCUT2D eigenvalue weighted by Gasteiger charge is -2.23. The van der Waals surface area contributed by atoms with Crippen LogP contribution in [0.1, 0.15) is 48.3 Å². The molecule has 1 aromatic carbocycles. The molecule has 0 saturated carbocycles. The molecule has 8 nitrogen and oxygen atoms in total. The van der Waals surface area contributed by atoms with Crippen LogP contribution in [0.4, 0.5) is 5.13 Å². The van der Waals surface area contributed by atoms with Crippen molar-refractivity contribution in [2.75, 3.05) is 11.5 Å². The van der Waals surface area contributed by atoms with Crippen molar-refractivity contribution in [3.05, 3.63) is 82.3 Å². The quantitative estimate of drug-likeness (QED) is 0.161. The van der Waals surface area contributed by atoms with Crippen LogP contribution < -0.4 is 9.64 Å². The molecule has 1 fully saturated rings. The van der Waals surface area contributed by atoms with Gasteiger partial charge in [-0.1, -0.05) is 31.5 Å². The highest BCUT2D eigenvalue weighted by molar-refractivity contribution is 7.14. The Hall–Kier alpha value is -3.98. The van der Waals surface area contributed by atoms with Gasteiger partial charge >= 0.3 is 5.91 Å². The number of aliphatic hydroxyl groups is 1. The van der Waals surface area contributed by atoms with E-state index in [0.717, 1.165) is 18.4 Å². The molecule has 3 aromatic heterocycles. The molecule has 4 heterocycles. The van der Waals surface area contributed by atoms with Gasteiger partial charge in [-0.2, -0.15) is 0 Å². The van der Waals surface area contributed by atoms with Crippen molar-refractivity contribution < 1.29 is 19.4 Å². The number of fused-ring (bicyclic) bond motifs is 1. The van der Waals surface area contributed by atoms with E-state index in [4.69, 9.17) is 4.74 Å². The predicted molar refractivity (Wildman–Crippen MR) is 138 cm³/mol. The molecule has 0 aliphatic carbocycles. The van der Waals surface area contributed by atoms with E-state index in [9.17, 15) is 14.7 Å². The molecule has 184 valence electrons. The molecule has 1 saturated heterocycles. The Morgan fingerprint density at radius 1 is 1.19 bits per heavy atom. The molecule has 1 amide bonds. The lowest BCUT2D eigenvalue weighted by molar-refractivity contribution is -0.132. The largest absolute Gasteiger partial charge is 0.505 e. The maximum absolute atomic E-state index is 13.4. The first-order chi connectivity index (χ1) is 17.4. The molecule has 1 aliphatic rings. The number of nitrogens with zero attached hydrogens (tertiary/aromatic N) is 4. The summed E-state index contributed by atoms with van der Waals surface area (Å²) in [5.74, 6) is -1.20. The number of amides is 1. The Balaban J connectivity index is 1.69. The predicted octanol–water partition coefficient (Wildman–Crippen LogP) is 5.21. The van der Waals surface area contributed by atoms with Gasteiger partial charge in [0, 0.05) is 17.8 Å². The lowest BCUT2D eigenvalue weighted by atomic mass is 9.96. The Kier molecular flexibility index (Phi) is 6.32. The average Bonchev–Trinajstić information content (AvgIpc) is 3.58. The summed E-state index contributed by atoms with van der Waals surface area (Å²) in [5, 5.41) is 13.6. The number of rotatable bonds is 7. The summed E-state index contributed by atoms with van der Waals surface area (Å²) in [5.41, 5.74) is 3.15. The second-order valence-corrected chi connectivity index (χ2v) is 9.56. The molecule has 0 radical (unpaired) electrons. The van der Waals surface area contributed by atoms with Gasteiger partial charge < -0.3 is 14.2 Å². The zero-order valence-corrected chi connectivity index (χ0v) is 21.1. The third kappa shape index (κ3) is 3.95. The lowest BCUT2D eigenvalue weighted by Crippen LogP contribution is -2.29. The summed E-state index contributed by atoms with van der Waals surface area (Å²) in [6, 6.07) is 10.2. The highest BCUT2D eigenvalue weighted by Crippen LogP contribution is 2.43. The Morgan fingerprint density at radius 3 is 2.75 bits per heavy atom. The number of carbonyl (C=O) groups excluding carboxylic acids is 2. The van der Waals surface area contributed by atoms with Crippen LogP contribution in [0.25, 0.3) is 11.4 Å². The number of imidazole rings is 1. The first kappa shape index (κ1) is 23.7. The van der Waals surface area contributed by atoms with Crippen LogP contribution >= 0.6 is 11.3 Å². The number of ketones is 1. The van der Waals surface area contributed by atoms with Crippen molar-refractivity contribution in [2.45, 2.75) is 39.7 Å². The van der Waals surface area contributed by atoms with E-state index < -0.39 is 17.7 Å². The Bertz CT molecular complexity index is 1490. The molecule has 4 aromatic rings. The molecule has 1 unspecified atom stereocenters. The smallest absolute Gasteiger partial charge is 0.301 e. The van der Waals surface area contributed by atoms with Gasteiger partial charge in [-0.25, -0.2) is 9.97 Å². The highest BCUT2D eigenvalue weighted by atomic mass is 32.1. The number of aliphatic hydroxyl groups excluding tert-OH is 1. The average molecular weight is 503 g/mol. The van der Waals surface area contributed by atoms with Gasteiger partial charge in [0.2, 0.25) is 0 Å². The van der Waals surface area contributed by atoms with Crippen LogP contribution in [-0.4, -0.2) is 37.8 Å². The summed E-state index contributed by atoms with van der Waals surface area (Å²) in [6.45, 7) is 6.40. The number of thiazole rings is 1. The van der Waals surface area contributed by atoms with E-state index in [1.165, 1.54) is 16.2 Å². The molecule has 0 spiro atoms. The molecular weight excluding hydrogens is 476 g/mol. The van der Waals surface area contributed by atoms with E-state index >= 15 is 0 Å². The van der Waals surface area contributed by atoms with Crippen molar-refractivity contribution in [1.29, 1.82) is 0 Å². The van der Waals surface area contributed by atoms with Crippen LogP contribution in [-0.2, 0) is 9.59 Å². The summed E-state index contributed by atoms with van der Waals surface area (Å²) in [7, 11) is 0. The molecule has 0 bridgehead atoms. The van der Waals surface area contributed by atoms with Gasteiger partial charge in [0.1, 0.15) is 17.1 Å². The molecule has 1 atom stereocenters. The minimum atomic E-state index is -0.879. The van der Waals surface area contributed by atoms with E-state index in [2.05, 4.69) is 16.9 Å². The summed E-state index contributed by atoms with van der Waals surface area (Å²) >= 11 is 1.25. The van der Waals surface area contributed by atoms with E-state index in [1.54, 1.807) is 17.6 Å². The number of anilines is 1. The van der Waals surface area contributed by atoms with E-state index in [1.807, 2.05) is 54.8 Å². The summed E-state index contributed by atoms with van der Waals surface area (Å²) < 4.78 is 7.74. The SMILES string of the molecule is CCCCOc1cccc(C2/C(=C(\O)c3nc4c(C)cccn4c3C)C(=O)C(=O)N2c2nccs2)c1. The number of carbonyl (C=O) groups is 2. The number of unbranched alkanes of at least 4 members (excludes halogenated alkanes) is 1. The summed E-state index contributed by atoms with van der Waals surface area (Å²) in [4.78, 5) is 37.0. The number of aromatic nitrogens is 3. The maximum Gasteiger partial charge on any atom is 0.301 e. The first-order valence-corrected chi connectivity index (χ1v) is 12.7. The molecular formula is C27H26N4O4S. The van der Waals surface area contributed by atoms with Crippen molar-refractivity contribution in [3.63, 3.8) is 0 Å². The summed E-state index contributed by atoms with van der Waals surface area (Å²) in [6.07, 6.45) is 5.34. The van der Waals surface area contributed by atoms with E-state index in [0.29, 0.717) is 34.4 Å². The Labute approximate surface area is 212 Å². The fraction of sp³-hybridized carbons (Fsp3) is 0.259. The second-order valence-electron chi connectivity index (χ2n) is 8.69. The number of ether oxygens (including phenoxy) is 1. The zero-order chi connectivity index (χ0) is 25.4. The van der Waals surface area contributed by atoms with Gasteiger partial charge in [0.25, 0.3) is 5.78 Å². The highest BCUT2D eigenvalue weighted by Gasteiger charge is 2.48. The number of Topliss-reactive ketones (excluding diaryl/α,β-unsaturated/α-hetero) is 1. The van der Waals surface area contributed by atoms with Crippen LogP contribution in [0.15, 0.2) is 59.7 Å². The van der Waals surface area contributed by atoms with Crippen LogP contribution in [0.5, 0.6) is 5.75 Å². The van der Waals surface area contributed by atoms with Gasteiger partial charge in [0.05, 0.1) is 23.9 Å². The normalized spacial score (nSPS) is 17.3. The van der Waals surface area contributed by atoms with Gasteiger partial charge in [-0.05, 0) is 49.6 Å². The van der Waals surface area contributed by atoms with Crippen molar-refractivity contribution in [3.8, 4) is 5.75 Å². The van der Waals surface area contributed by atoms with Crippen LogP contribution in [0.3, 0.4) is 0 Å². The first-order valence-electron chi connectivity index (χ1n) is 11.8. The third-order valence-electron chi connectivity index (χ3n) is 6.32. The Morgan fingerprint density at radius 2 is 2.03 bits per heavy atom. The molecule has 9 heteroatoms. The minimum Gasteiger partial charge on any atom is -0.505 e. The van der Waals surface area contributed by atoms with E-state index in [-0.39, 0.29) is 17.0 Å². The fourth-order valence-electron chi connectivity index (χ4n) is 4.46. The number of aryl methyl sites for hydroxylation is 2. The molecule has 5 rings (SSSR count). The fourth-order valence-corrected chi connectivity index (χ4v) is 5.13. The monoisotopic (exact) mass is 502 g/mol. The molecule has 1 N–H and O–H groups in total. The van der Waals surface area contributed by atoms with Gasteiger partial charge in [-0.3, -0.25) is 14.5 Å². The standard InChI is InChI=1S/C27H26N4O4S/c1-4-5-13-35-19-10-6-9-18(15-19)22-20(24(33)26(34)31(22)27-28-11-14-36-27)23(32)21-17(3)30-12-7-8-16(2)25(30)29-21/h6-12,14-15,22,32H,4-5,13H2,1-3H3/b23-20+. The maximum atomic E-state index is 13.4.